The van der Waals surface area contributed by atoms with E-state index in [9.17, 15) is 4.79 Å². The van der Waals surface area contributed by atoms with Crippen LogP contribution in [0.15, 0.2) is 24.3 Å². The highest BCUT2D eigenvalue weighted by atomic mass is 35.5. The number of nitrogens with one attached hydrogen (secondary N) is 1. The Morgan fingerprint density at radius 3 is 2.56 bits per heavy atom. The molecule has 1 aliphatic heterocycles. The lowest BCUT2D eigenvalue weighted by atomic mass is 10.0. The molecule has 0 bridgehead atoms. The van der Waals surface area contributed by atoms with E-state index in [1.165, 1.54) is 0 Å². The summed E-state index contributed by atoms with van der Waals surface area (Å²) in [7, 11) is 0. The fraction of sp³-hybridized carbons (Fsp3) is 0.632. The van der Waals surface area contributed by atoms with Gasteiger partial charge in [-0.3, -0.25) is 10.2 Å². The Labute approximate surface area is 156 Å². The largest absolute Gasteiger partial charge is 0.449 e. The Morgan fingerprint density at radius 2 is 1.96 bits per heavy atom. The first-order valence-electron chi connectivity index (χ1n) is 8.94. The number of anilines is 1. The van der Waals surface area contributed by atoms with E-state index in [1.54, 1.807) is 24.3 Å². The smallest absolute Gasteiger partial charge is 0.411 e. The van der Waals surface area contributed by atoms with Gasteiger partial charge < -0.3 is 9.64 Å². The van der Waals surface area contributed by atoms with Gasteiger partial charge in [0.05, 0.1) is 6.61 Å². The number of halogens is 1. The number of nitrogens with zero attached hydrogens (tertiary/aromatic N) is 2. The molecule has 1 heterocycles. The lowest BCUT2D eigenvalue weighted by Crippen LogP contribution is -2.58. The normalized spacial score (nSPS) is 19.6. The van der Waals surface area contributed by atoms with Crippen molar-refractivity contribution in [2.45, 2.75) is 45.7 Å². The lowest BCUT2D eigenvalue weighted by Gasteiger charge is -2.46. The van der Waals surface area contributed by atoms with Gasteiger partial charge in [0.2, 0.25) is 0 Å². The molecular formula is C19H30ClN3O2. The first-order chi connectivity index (χ1) is 11.8. The fourth-order valence-electron chi connectivity index (χ4n) is 3.37. The molecule has 0 radical (unpaired) electrons. The molecule has 1 unspecified atom stereocenters. The molecule has 1 N–H and O–H groups in total. The van der Waals surface area contributed by atoms with Crippen molar-refractivity contribution in [1.29, 1.82) is 0 Å². The highest BCUT2D eigenvalue weighted by Crippen LogP contribution is 2.20. The highest BCUT2D eigenvalue weighted by molar-refractivity contribution is 6.30. The van der Waals surface area contributed by atoms with E-state index in [0.717, 1.165) is 32.6 Å². The molecule has 1 aliphatic rings. The maximum atomic E-state index is 11.8. The van der Waals surface area contributed by atoms with Gasteiger partial charge >= 0.3 is 6.09 Å². The maximum Gasteiger partial charge on any atom is 0.411 e. The zero-order chi connectivity index (χ0) is 18.4. The second kappa shape index (κ2) is 8.88. The van der Waals surface area contributed by atoms with E-state index in [4.69, 9.17) is 16.3 Å². The molecule has 1 aromatic rings. The van der Waals surface area contributed by atoms with Gasteiger partial charge in [0, 0.05) is 48.5 Å². The van der Waals surface area contributed by atoms with E-state index < -0.39 is 6.09 Å². The van der Waals surface area contributed by atoms with Crippen molar-refractivity contribution in [2.75, 3.05) is 38.1 Å². The number of hydrogen-bond acceptors (Lipinski definition) is 4. The number of hydrogen-bond donors (Lipinski definition) is 1. The van der Waals surface area contributed by atoms with E-state index in [2.05, 4.69) is 42.8 Å². The molecule has 2 rings (SSSR count). The monoisotopic (exact) mass is 367 g/mol. The summed E-state index contributed by atoms with van der Waals surface area (Å²) >= 11 is 5.82. The molecule has 1 fully saturated rings. The van der Waals surface area contributed by atoms with Crippen molar-refractivity contribution in [3.8, 4) is 0 Å². The molecule has 140 valence electrons. The Kier molecular flexibility index (Phi) is 7.11. The van der Waals surface area contributed by atoms with Crippen LogP contribution in [-0.4, -0.2) is 60.3 Å². The molecule has 6 heteroatoms. The Bertz CT molecular complexity index is 557. The van der Waals surface area contributed by atoms with Crippen LogP contribution in [-0.2, 0) is 4.74 Å². The van der Waals surface area contributed by atoms with Crippen LogP contribution in [0.25, 0.3) is 0 Å². The Balaban J connectivity index is 1.63. The van der Waals surface area contributed by atoms with Gasteiger partial charge in [-0.1, -0.05) is 11.6 Å². The second-order valence-corrected chi connectivity index (χ2v) is 8.07. The summed E-state index contributed by atoms with van der Waals surface area (Å²) in [5, 5.41) is 3.34. The third-order valence-corrected chi connectivity index (χ3v) is 4.77. The SMILES string of the molecule is CC1CN(CCCOC(=O)Nc2ccc(Cl)cc2)CCN1C(C)(C)C. The van der Waals surface area contributed by atoms with Gasteiger partial charge in [0.15, 0.2) is 0 Å². The van der Waals surface area contributed by atoms with Crippen molar-refractivity contribution in [3.05, 3.63) is 29.3 Å². The van der Waals surface area contributed by atoms with Gasteiger partial charge in [-0.05, 0) is 58.4 Å². The molecule has 0 spiro atoms. The fourth-order valence-corrected chi connectivity index (χ4v) is 3.50. The standard InChI is InChI=1S/C19H30ClN3O2/c1-15-14-22(11-12-23(15)19(2,3)4)10-5-13-25-18(24)21-17-8-6-16(20)7-9-17/h6-9,15H,5,10-14H2,1-4H3,(H,21,24). The predicted octanol–water partition coefficient (Wildman–Crippen LogP) is 4.08. The number of piperazine rings is 1. The molecule has 25 heavy (non-hydrogen) atoms. The molecule has 1 atom stereocenters. The quantitative estimate of drug-likeness (QED) is 0.796. The van der Waals surface area contributed by atoms with Crippen LogP contribution in [0.2, 0.25) is 5.02 Å². The third-order valence-electron chi connectivity index (χ3n) is 4.52. The van der Waals surface area contributed by atoms with Crippen LogP contribution in [0.3, 0.4) is 0 Å². The molecule has 1 saturated heterocycles. The van der Waals surface area contributed by atoms with E-state index >= 15 is 0 Å². The minimum atomic E-state index is -0.423. The molecule has 0 aromatic heterocycles. The summed E-state index contributed by atoms with van der Waals surface area (Å²) in [6, 6.07) is 7.51. The zero-order valence-corrected chi connectivity index (χ0v) is 16.5. The molecule has 1 aromatic carbocycles. The minimum Gasteiger partial charge on any atom is -0.449 e. The van der Waals surface area contributed by atoms with Crippen LogP contribution in [0.4, 0.5) is 10.5 Å². The average molecular weight is 368 g/mol. The van der Waals surface area contributed by atoms with Gasteiger partial charge in [0.1, 0.15) is 0 Å². The first kappa shape index (κ1) is 20.0. The van der Waals surface area contributed by atoms with Crippen LogP contribution < -0.4 is 5.32 Å². The number of carbonyl (C=O) groups excluding carboxylic acids is 1. The van der Waals surface area contributed by atoms with Gasteiger partial charge in [-0.25, -0.2) is 4.79 Å². The first-order valence-corrected chi connectivity index (χ1v) is 9.32. The number of benzene rings is 1. The predicted molar refractivity (Wildman–Crippen MR) is 103 cm³/mol. The number of ether oxygens (including phenoxy) is 1. The topological polar surface area (TPSA) is 44.8 Å². The summed E-state index contributed by atoms with van der Waals surface area (Å²) in [6.45, 7) is 13.7. The van der Waals surface area contributed by atoms with Crippen LogP contribution in [0.1, 0.15) is 34.1 Å². The third kappa shape index (κ3) is 6.49. The van der Waals surface area contributed by atoms with Crippen molar-refractivity contribution < 1.29 is 9.53 Å². The van der Waals surface area contributed by atoms with Crippen LogP contribution in [0, 0.1) is 0 Å². The number of rotatable bonds is 5. The lowest BCUT2D eigenvalue weighted by molar-refractivity contribution is 0.0160. The summed E-state index contributed by atoms with van der Waals surface area (Å²) in [6.07, 6.45) is 0.421. The number of amides is 1. The Hall–Kier alpha value is -1.30. The molecular weight excluding hydrogens is 338 g/mol. The molecule has 0 saturated carbocycles. The molecule has 0 aliphatic carbocycles. The summed E-state index contributed by atoms with van der Waals surface area (Å²) in [4.78, 5) is 16.8. The highest BCUT2D eigenvalue weighted by Gasteiger charge is 2.30. The van der Waals surface area contributed by atoms with E-state index in [0.29, 0.717) is 23.4 Å². The van der Waals surface area contributed by atoms with Crippen molar-refractivity contribution >= 4 is 23.4 Å². The van der Waals surface area contributed by atoms with E-state index in [-0.39, 0.29) is 5.54 Å². The molecule has 1 amide bonds. The summed E-state index contributed by atoms with van der Waals surface area (Å²) in [5.74, 6) is 0. The van der Waals surface area contributed by atoms with Gasteiger partial charge in [-0.2, -0.15) is 0 Å². The zero-order valence-electron chi connectivity index (χ0n) is 15.7. The number of carbonyl (C=O) groups is 1. The average Bonchev–Trinajstić information content (AvgIpc) is 2.52. The van der Waals surface area contributed by atoms with E-state index in [1.807, 2.05) is 0 Å². The summed E-state index contributed by atoms with van der Waals surface area (Å²) in [5.41, 5.74) is 0.899. The van der Waals surface area contributed by atoms with Crippen molar-refractivity contribution in [2.24, 2.45) is 0 Å². The molecule has 5 nitrogen and oxygen atoms in total. The maximum absolute atomic E-state index is 11.8. The summed E-state index contributed by atoms with van der Waals surface area (Å²) < 4.78 is 5.25. The van der Waals surface area contributed by atoms with Gasteiger partial charge in [-0.15, -0.1) is 0 Å². The minimum absolute atomic E-state index is 0.217. The van der Waals surface area contributed by atoms with Gasteiger partial charge in [0.25, 0.3) is 0 Å². The van der Waals surface area contributed by atoms with Crippen LogP contribution in [0.5, 0.6) is 0 Å². The van der Waals surface area contributed by atoms with Crippen molar-refractivity contribution in [1.82, 2.24) is 9.80 Å². The van der Waals surface area contributed by atoms with Crippen LogP contribution >= 0.6 is 11.6 Å². The second-order valence-electron chi connectivity index (χ2n) is 7.64. The Morgan fingerprint density at radius 1 is 1.28 bits per heavy atom. The van der Waals surface area contributed by atoms with Crippen molar-refractivity contribution in [3.63, 3.8) is 0 Å².